The third-order valence-corrected chi connectivity index (χ3v) is 4.09. The minimum atomic E-state index is -0.645. The number of benzene rings is 3. The van der Waals surface area contributed by atoms with Crippen molar-refractivity contribution in [3.8, 4) is 17.2 Å². The molecule has 1 atom stereocenters. The first-order chi connectivity index (χ1) is 13.2. The van der Waals surface area contributed by atoms with Crippen molar-refractivity contribution < 1.29 is 14.3 Å². The second kappa shape index (κ2) is 9.10. The number of nitrogens with one attached hydrogen (secondary N) is 1. The highest BCUT2D eigenvalue weighted by Crippen LogP contribution is 2.29. The van der Waals surface area contributed by atoms with Crippen LogP contribution < -0.4 is 14.8 Å². The number of halogens is 1. The topological polar surface area (TPSA) is 47.6 Å². The number of ether oxygens (including phenoxy) is 2. The molecule has 3 rings (SSSR count). The summed E-state index contributed by atoms with van der Waals surface area (Å²) in [6.07, 6.45) is -0.131. The number of anilines is 1. The number of para-hydroxylation sites is 3. The number of carbonyl (C=O) groups excluding carboxylic acids is 1. The monoisotopic (exact) mass is 381 g/mol. The fourth-order valence-electron chi connectivity index (χ4n) is 2.51. The van der Waals surface area contributed by atoms with Crippen LogP contribution in [0.2, 0.25) is 5.02 Å². The van der Waals surface area contributed by atoms with Crippen LogP contribution in [-0.4, -0.2) is 12.0 Å². The van der Waals surface area contributed by atoms with Crippen LogP contribution in [-0.2, 0) is 4.79 Å². The molecule has 5 heteroatoms. The number of hydrogen-bond acceptors (Lipinski definition) is 3. The van der Waals surface area contributed by atoms with E-state index >= 15 is 0 Å². The molecule has 4 nitrogen and oxygen atoms in total. The van der Waals surface area contributed by atoms with Gasteiger partial charge in [0.05, 0.1) is 5.69 Å². The predicted octanol–water partition coefficient (Wildman–Crippen LogP) is 5.93. The summed E-state index contributed by atoms with van der Waals surface area (Å²) in [6, 6.07) is 23.7. The van der Waals surface area contributed by atoms with Crippen LogP contribution in [0.25, 0.3) is 0 Å². The molecule has 0 saturated heterocycles. The number of carbonyl (C=O) groups is 1. The quantitative estimate of drug-likeness (QED) is 0.551. The van der Waals surface area contributed by atoms with E-state index in [4.69, 9.17) is 21.1 Å². The fraction of sp³-hybridized carbons (Fsp3) is 0.136. The van der Waals surface area contributed by atoms with E-state index in [-0.39, 0.29) is 5.91 Å². The molecule has 3 aromatic rings. The highest BCUT2D eigenvalue weighted by molar-refractivity contribution is 6.30. The van der Waals surface area contributed by atoms with Crippen molar-refractivity contribution in [1.29, 1.82) is 0 Å². The third-order valence-electron chi connectivity index (χ3n) is 3.85. The Morgan fingerprint density at radius 1 is 0.963 bits per heavy atom. The van der Waals surface area contributed by atoms with Gasteiger partial charge in [0.1, 0.15) is 11.5 Å². The summed E-state index contributed by atoms with van der Waals surface area (Å²) in [4.78, 5) is 12.7. The van der Waals surface area contributed by atoms with Gasteiger partial charge in [-0.1, -0.05) is 54.9 Å². The van der Waals surface area contributed by atoms with Crippen LogP contribution in [0.4, 0.5) is 5.69 Å². The SMILES string of the molecule is CC[C@@H](Oc1cccc(Cl)c1)C(=O)Nc1ccccc1Oc1ccccc1. The average Bonchev–Trinajstić information content (AvgIpc) is 2.68. The van der Waals surface area contributed by atoms with Gasteiger partial charge in [-0.05, 0) is 48.9 Å². The van der Waals surface area contributed by atoms with Gasteiger partial charge in [0.25, 0.3) is 5.91 Å². The summed E-state index contributed by atoms with van der Waals surface area (Å²) in [7, 11) is 0. The van der Waals surface area contributed by atoms with Crippen molar-refractivity contribution in [2.45, 2.75) is 19.4 Å². The van der Waals surface area contributed by atoms with Crippen LogP contribution in [0.3, 0.4) is 0 Å². The Morgan fingerprint density at radius 3 is 2.41 bits per heavy atom. The standard InChI is InChI=1S/C22H20ClNO3/c1-2-20(27-18-12-8-9-16(23)15-18)22(25)24-19-13-6-7-14-21(19)26-17-10-4-3-5-11-17/h3-15,20H,2H2,1H3,(H,24,25)/t20-/m1/s1. The van der Waals surface area contributed by atoms with Gasteiger partial charge in [0.15, 0.2) is 11.9 Å². The maximum absolute atomic E-state index is 12.7. The molecule has 0 aromatic heterocycles. The van der Waals surface area contributed by atoms with Crippen molar-refractivity contribution in [1.82, 2.24) is 0 Å². The van der Waals surface area contributed by atoms with Crippen molar-refractivity contribution in [3.63, 3.8) is 0 Å². The first-order valence-corrected chi connectivity index (χ1v) is 9.08. The van der Waals surface area contributed by atoms with E-state index in [0.717, 1.165) is 0 Å². The Balaban J connectivity index is 1.72. The molecule has 0 bridgehead atoms. The van der Waals surface area contributed by atoms with Crippen LogP contribution in [0.15, 0.2) is 78.9 Å². The fourth-order valence-corrected chi connectivity index (χ4v) is 2.69. The van der Waals surface area contributed by atoms with Crippen LogP contribution in [0.5, 0.6) is 17.2 Å². The van der Waals surface area contributed by atoms with E-state index < -0.39 is 6.10 Å². The molecule has 138 valence electrons. The Morgan fingerprint density at radius 2 is 1.67 bits per heavy atom. The third kappa shape index (κ3) is 5.25. The lowest BCUT2D eigenvalue weighted by atomic mass is 10.2. The van der Waals surface area contributed by atoms with Crippen LogP contribution in [0, 0.1) is 0 Å². The highest BCUT2D eigenvalue weighted by Gasteiger charge is 2.20. The van der Waals surface area contributed by atoms with Crippen molar-refractivity contribution in [2.75, 3.05) is 5.32 Å². The molecular weight excluding hydrogens is 362 g/mol. The van der Waals surface area contributed by atoms with Gasteiger partial charge in [-0.3, -0.25) is 4.79 Å². The smallest absolute Gasteiger partial charge is 0.265 e. The lowest BCUT2D eigenvalue weighted by Gasteiger charge is -2.18. The summed E-state index contributed by atoms with van der Waals surface area (Å²) in [6.45, 7) is 1.89. The van der Waals surface area contributed by atoms with E-state index in [9.17, 15) is 4.79 Å². The number of rotatable bonds is 7. The van der Waals surface area contributed by atoms with Gasteiger partial charge < -0.3 is 14.8 Å². The highest BCUT2D eigenvalue weighted by atomic mass is 35.5. The first kappa shape index (κ1) is 18.8. The lowest BCUT2D eigenvalue weighted by Crippen LogP contribution is -2.32. The molecule has 27 heavy (non-hydrogen) atoms. The summed E-state index contributed by atoms with van der Waals surface area (Å²) >= 11 is 5.98. The summed E-state index contributed by atoms with van der Waals surface area (Å²) in [5.74, 6) is 1.57. The van der Waals surface area contributed by atoms with Gasteiger partial charge in [-0.15, -0.1) is 0 Å². The summed E-state index contributed by atoms with van der Waals surface area (Å²) in [5, 5.41) is 3.45. The van der Waals surface area contributed by atoms with Gasteiger partial charge in [0.2, 0.25) is 0 Å². The molecule has 0 aliphatic rings. The minimum absolute atomic E-state index is 0.249. The largest absolute Gasteiger partial charge is 0.481 e. The predicted molar refractivity (Wildman–Crippen MR) is 108 cm³/mol. The zero-order valence-corrected chi connectivity index (χ0v) is 15.6. The van der Waals surface area contributed by atoms with E-state index in [1.807, 2.05) is 49.4 Å². The van der Waals surface area contributed by atoms with E-state index in [0.29, 0.717) is 34.4 Å². The van der Waals surface area contributed by atoms with Crippen molar-refractivity contribution in [2.24, 2.45) is 0 Å². The lowest BCUT2D eigenvalue weighted by molar-refractivity contribution is -0.122. The first-order valence-electron chi connectivity index (χ1n) is 8.70. The van der Waals surface area contributed by atoms with E-state index in [1.54, 1.807) is 36.4 Å². The molecule has 0 saturated carbocycles. The molecule has 0 spiro atoms. The summed E-state index contributed by atoms with van der Waals surface area (Å²) in [5.41, 5.74) is 0.583. The molecule has 0 fully saturated rings. The zero-order valence-electron chi connectivity index (χ0n) is 14.9. The number of amides is 1. The minimum Gasteiger partial charge on any atom is -0.481 e. The van der Waals surface area contributed by atoms with Gasteiger partial charge in [-0.25, -0.2) is 0 Å². The number of hydrogen-bond donors (Lipinski definition) is 1. The van der Waals surface area contributed by atoms with Crippen molar-refractivity contribution in [3.05, 3.63) is 83.9 Å². The maximum Gasteiger partial charge on any atom is 0.265 e. The molecule has 0 aliphatic carbocycles. The Hall–Kier alpha value is -2.98. The molecule has 0 heterocycles. The normalized spacial score (nSPS) is 11.5. The molecule has 1 amide bonds. The zero-order chi connectivity index (χ0) is 19.1. The van der Waals surface area contributed by atoms with Crippen LogP contribution >= 0.6 is 11.6 Å². The molecular formula is C22H20ClNO3. The second-order valence-corrected chi connectivity index (χ2v) is 6.31. The summed E-state index contributed by atoms with van der Waals surface area (Å²) < 4.78 is 11.7. The van der Waals surface area contributed by atoms with Gasteiger partial charge in [-0.2, -0.15) is 0 Å². The van der Waals surface area contributed by atoms with E-state index in [1.165, 1.54) is 0 Å². The molecule has 0 aliphatic heterocycles. The Bertz CT molecular complexity index is 899. The molecule has 0 radical (unpaired) electrons. The maximum atomic E-state index is 12.7. The molecule has 3 aromatic carbocycles. The Kier molecular flexibility index (Phi) is 6.34. The van der Waals surface area contributed by atoms with E-state index in [2.05, 4.69) is 5.32 Å². The van der Waals surface area contributed by atoms with Gasteiger partial charge in [0, 0.05) is 5.02 Å². The van der Waals surface area contributed by atoms with Crippen molar-refractivity contribution >= 4 is 23.2 Å². The Labute approximate surface area is 163 Å². The molecule has 0 unspecified atom stereocenters. The average molecular weight is 382 g/mol. The second-order valence-electron chi connectivity index (χ2n) is 5.87. The van der Waals surface area contributed by atoms with Gasteiger partial charge >= 0.3 is 0 Å². The van der Waals surface area contributed by atoms with Crippen LogP contribution in [0.1, 0.15) is 13.3 Å². The molecule has 1 N–H and O–H groups in total.